The first-order valence-corrected chi connectivity index (χ1v) is 9.46. The smallest absolute Gasteiger partial charge is 0.338 e. The monoisotopic (exact) mass is 400 g/mol. The molecule has 29 heavy (non-hydrogen) atoms. The number of anilines is 1. The molecule has 0 spiro atoms. The number of benzene rings is 1. The van der Waals surface area contributed by atoms with Crippen LogP contribution in [0.15, 0.2) is 30.3 Å². The van der Waals surface area contributed by atoms with E-state index in [1.54, 1.807) is 49.1 Å². The van der Waals surface area contributed by atoms with E-state index >= 15 is 0 Å². The fraction of sp³-hybridized carbons (Fsp3) is 0.400. The van der Waals surface area contributed by atoms with Gasteiger partial charge in [-0.15, -0.1) is 0 Å². The van der Waals surface area contributed by atoms with Gasteiger partial charge in [-0.3, -0.25) is 14.3 Å². The van der Waals surface area contributed by atoms with Gasteiger partial charge in [0.1, 0.15) is 6.54 Å². The summed E-state index contributed by atoms with van der Waals surface area (Å²) in [5.74, 6) is -0.856. The number of nitrogens with one attached hydrogen (secondary N) is 1. The topological polar surface area (TPSA) is 103 Å². The summed E-state index contributed by atoms with van der Waals surface area (Å²) in [7, 11) is 0. The molecule has 2 heterocycles. The maximum atomic E-state index is 12.5. The summed E-state index contributed by atoms with van der Waals surface area (Å²) in [6.45, 7) is 5.91. The van der Waals surface area contributed by atoms with Gasteiger partial charge in [0.15, 0.2) is 5.69 Å². The largest absolute Gasteiger partial charge is 0.462 e. The van der Waals surface area contributed by atoms with Crippen molar-refractivity contribution in [2.75, 3.05) is 38.2 Å². The number of amides is 2. The maximum absolute atomic E-state index is 12.5. The van der Waals surface area contributed by atoms with Crippen LogP contribution in [0.1, 0.15) is 33.5 Å². The lowest BCUT2D eigenvalue weighted by Gasteiger charge is -2.25. The van der Waals surface area contributed by atoms with Crippen molar-refractivity contribution in [3.05, 3.63) is 47.3 Å². The van der Waals surface area contributed by atoms with Gasteiger partial charge in [0.05, 0.1) is 25.4 Å². The number of aromatic nitrogens is 2. The Morgan fingerprint density at radius 3 is 2.52 bits per heavy atom. The Hall–Kier alpha value is -3.20. The van der Waals surface area contributed by atoms with Gasteiger partial charge in [-0.05, 0) is 44.2 Å². The van der Waals surface area contributed by atoms with Crippen LogP contribution in [0.25, 0.3) is 0 Å². The molecule has 154 valence electrons. The SMILES string of the molecule is CCOC(=O)c1ccc(NC(=O)Cn2nc(C(=O)N3CCOCC3)cc2C)cc1. The Kier molecular flexibility index (Phi) is 6.61. The summed E-state index contributed by atoms with van der Waals surface area (Å²) in [5.41, 5.74) is 2.00. The minimum atomic E-state index is -0.407. The molecule has 9 nitrogen and oxygen atoms in total. The van der Waals surface area contributed by atoms with E-state index in [-0.39, 0.29) is 18.4 Å². The fourth-order valence-electron chi connectivity index (χ4n) is 2.94. The maximum Gasteiger partial charge on any atom is 0.338 e. The summed E-state index contributed by atoms with van der Waals surface area (Å²) in [6.07, 6.45) is 0. The van der Waals surface area contributed by atoms with Crippen molar-refractivity contribution in [2.24, 2.45) is 0 Å². The molecule has 0 bridgehead atoms. The lowest BCUT2D eigenvalue weighted by Crippen LogP contribution is -2.40. The van der Waals surface area contributed by atoms with Crippen LogP contribution in [0.2, 0.25) is 0 Å². The van der Waals surface area contributed by atoms with Crippen molar-refractivity contribution in [3.63, 3.8) is 0 Å². The fourth-order valence-corrected chi connectivity index (χ4v) is 2.94. The van der Waals surface area contributed by atoms with Gasteiger partial charge in [-0.2, -0.15) is 5.10 Å². The number of esters is 1. The summed E-state index contributed by atoms with van der Waals surface area (Å²) in [5, 5.41) is 7.04. The summed E-state index contributed by atoms with van der Waals surface area (Å²) < 4.78 is 11.7. The summed E-state index contributed by atoms with van der Waals surface area (Å²) in [6, 6.07) is 8.12. The molecular formula is C20H24N4O5. The minimum absolute atomic E-state index is 0.0259. The third-order valence-corrected chi connectivity index (χ3v) is 4.47. The summed E-state index contributed by atoms with van der Waals surface area (Å²) in [4.78, 5) is 38.3. The standard InChI is InChI=1S/C20H24N4O5/c1-3-29-20(27)15-4-6-16(7-5-15)21-18(25)13-24-14(2)12-17(22-24)19(26)23-8-10-28-11-9-23/h4-7,12H,3,8-11,13H2,1-2H3,(H,21,25). The molecule has 1 aliphatic rings. The zero-order chi connectivity index (χ0) is 20.8. The van der Waals surface area contributed by atoms with Crippen molar-refractivity contribution in [1.82, 2.24) is 14.7 Å². The van der Waals surface area contributed by atoms with E-state index in [4.69, 9.17) is 9.47 Å². The Balaban J connectivity index is 1.60. The molecule has 3 rings (SSSR count). The third kappa shape index (κ3) is 5.20. The van der Waals surface area contributed by atoms with E-state index in [0.717, 1.165) is 5.69 Å². The number of hydrogen-bond donors (Lipinski definition) is 1. The highest BCUT2D eigenvalue weighted by Gasteiger charge is 2.22. The molecule has 1 N–H and O–H groups in total. The van der Waals surface area contributed by atoms with E-state index in [9.17, 15) is 14.4 Å². The highest BCUT2D eigenvalue weighted by Crippen LogP contribution is 2.12. The van der Waals surface area contributed by atoms with E-state index in [0.29, 0.717) is 49.9 Å². The van der Waals surface area contributed by atoms with Crippen molar-refractivity contribution < 1.29 is 23.9 Å². The van der Waals surface area contributed by atoms with E-state index in [2.05, 4.69) is 10.4 Å². The van der Waals surface area contributed by atoms with Crippen LogP contribution < -0.4 is 5.32 Å². The van der Waals surface area contributed by atoms with Crippen molar-refractivity contribution >= 4 is 23.5 Å². The van der Waals surface area contributed by atoms with Gasteiger partial charge in [0.2, 0.25) is 5.91 Å². The second-order valence-electron chi connectivity index (χ2n) is 6.58. The molecular weight excluding hydrogens is 376 g/mol. The van der Waals surface area contributed by atoms with Gasteiger partial charge in [-0.1, -0.05) is 0 Å². The molecule has 2 aromatic rings. The molecule has 1 fully saturated rings. The molecule has 0 aliphatic carbocycles. The molecule has 9 heteroatoms. The van der Waals surface area contributed by atoms with Crippen LogP contribution in [0, 0.1) is 6.92 Å². The van der Waals surface area contributed by atoms with Gasteiger partial charge < -0.3 is 19.7 Å². The van der Waals surface area contributed by atoms with E-state index in [1.807, 2.05) is 0 Å². The van der Waals surface area contributed by atoms with Crippen LogP contribution in [0.4, 0.5) is 5.69 Å². The van der Waals surface area contributed by atoms with Gasteiger partial charge >= 0.3 is 5.97 Å². The quantitative estimate of drug-likeness (QED) is 0.737. The first-order chi connectivity index (χ1) is 14.0. The predicted octanol–water partition coefficient (Wildman–Crippen LogP) is 1.48. The van der Waals surface area contributed by atoms with Crippen LogP contribution in [0.5, 0.6) is 0 Å². The van der Waals surface area contributed by atoms with E-state index in [1.165, 1.54) is 4.68 Å². The Labute approximate surface area is 168 Å². The molecule has 0 saturated carbocycles. The number of aryl methyl sites for hydroxylation is 1. The first-order valence-electron chi connectivity index (χ1n) is 9.46. The lowest BCUT2D eigenvalue weighted by molar-refractivity contribution is -0.116. The number of carbonyl (C=O) groups is 3. The average molecular weight is 400 g/mol. The highest BCUT2D eigenvalue weighted by atomic mass is 16.5. The number of ether oxygens (including phenoxy) is 2. The predicted molar refractivity (Wildman–Crippen MR) is 105 cm³/mol. The number of nitrogens with zero attached hydrogens (tertiary/aromatic N) is 3. The molecule has 1 aromatic heterocycles. The molecule has 1 aromatic carbocycles. The Bertz CT molecular complexity index is 885. The third-order valence-electron chi connectivity index (χ3n) is 4.47. The minimum Gasteiger partial charge on any atom is -0.462 e. The lowest BCUT2D eigenvalue weighted by atomic mass is 10.2. The number of carbonyl (C=O) groups excluding carboxylic acids is 3. The van der Waals surface area contributed by atoms with Gasteiger partial charge in [0.25, 0.3) is 5.91 Å². The molecule has 2 amide bonds. The second-order valence-corrected chi connectivity index (χ2v) is 6.58. The molecule has 1 aliphatic heterocycles. The Morgan fingerprint density at radius 1 is 1.17 bits per heavy atom. The average Bonchev–Trinajstić information content (AvgIpc) is 3.09. The molecule has 1 saturated heterocycles. The highest BCUT2D eigenvalue weighted by molar-refractivity contribution is 5.94. The summed E-state index contributed by atoms with van der Waals surface area (Å²) >= 11 is 0. The first kappa shape index (κ1) is 20.5. The van der Waals surface area contributed by atoms with Crippen molar-refractivity contribution in [1.29, 1.82) is 0 Å². The van der Waals surface area contributed by atoms with Gasteiger partial charge in [0, 0.05) is 24.5 Å². The number of rotatable bonds is 6. The number of hydrogen-bond acceptors (Lipinski definition) is 6. The zero-order valence-corrected chi connectivity index (χ0v) is 16.5. The van der Waals surface area contributed by atoms with E-state index < -0.39 is 5.97 Å². The van der Waals surface area contributed by atoms with Crippen molar-refractivity contribution in [3.8, 4) is 0 Å². The van der Waals surface area contributed by atoms with Crippen LogP contribution >= 0.6 is 0 Å². The van der Waals surface area contributed by atoms with Crippen LogP contribution in [0.3, 0.4) is 0 Å². The van der Waals surface area contributed by atoms with Crippen molar-refractivity contribution in [2.45, 2.75) is 20.4 Å². The van der Waals surface area contributed by atoms with Crippen LogP contribution in [-0.2, 0) is 20.8 Å². The molecule has 0 atom stereocenters. The van der Waals surface area contributed by atoms with Crippen LogP contribution in [-0.4, -0.2) is 65.4 Å². The zero-order valence-electron chi connectivity index (χ0n) is 16.5. The second kappa shape index (κ2) is 9.33. The number of morpholine rings is 1. The normalized spacial score (nSPS) is 13.8. The molecule has 0 radical (unpaired) electrons. The molecule has 0 unspecified atom stereocenters. The van der Waals surface area contributed by atoms with Gasteiger partial charge in [-0.25, -0.2) is 4.79 Å². The Morgan fingerprint density at radius 2 is 1.86 bits per heavy atom.